The number of hydrogen-bond acceptors (Lipinski definition) is 14. The molecule has 0 aliphatic heterocycles. The molecule has 0 aromatic heterocycles. The molecule has 0 atom stereocenters. The molecule has 270 valence electrons. The quantitative estimate of drug-likeness (QED) is 0.0394. The topological polar surface area (TPSA) is 137 Å². The van der Waals surface area contributed by atoms with Gasteiger partial charge in [0, 0.05) is 4.43 Å². The zero-order valence-corrected chi connectivity index (χ0v) is 29.9. The molecule has 0 rings (SSSR count). The van der Waals surface area contributed by atoms with E-state index in [-0.39, 0.29) is 12.6 Å². The summed E-state index contributed by atoms with van der Waals surface area (Å²) in [5, 5.41) is 0. The van der Waals surface area contributed by atoms with Gasteiger partial charge >= 0.3 is 5.97 Å². The second-order valence-electron chi connectivity index (χ2n) is 10.1. The molecule has 0 heterocycles. The maximum Gasteiger partial charge on any atom is 0.332 e. The van der Waals surface area contributed by atoms with Gasteiger partial charge in [0.25, 0.3) is 0 Å². The Hall–Kier alpha value is -0.280. The van der Waals surface area contributed by atoms with E-state index in [0.717, 1.165) is 11.0 Å². The highest BCUT2D eigenvalue weighted by Crippen LogP contribution is 2.06. The Morgan fingerprint density at radius 3 is 0.778 bits per heavy atom. The number of ether oxygens (including phenoxy) is 13. The Labute approximate surface area is 283 Å². The Bertz CT molecular complexity index is 597. The number of carbonyl (C=O) groups excluding carboxylic acids is 1. The van der Waals surface area contributed by atoms with Crippen molar-refractivity contribution in [2.24, 2.45) is 0 Å². The van der Waals surface area contributed by atoms with E-state index in [1.807, 2.05) is 20.8 Å². The minimum absolute atomic E-state index is 0.0824. The van der Waals surface area contributed by atoms with Gasteiger partial charge in [-0.15, -0.1) is 0 Å². The highest BCUT2D eigenvalue weighted by atomic mass is 127. The van der Waals surface area contributed by atoms with E-state index in [2.05, 4.69) is 22.6 Å². The molecule has 0 amide bonds. The summed E-state index contributed by atoms with van der Waals surface area (Å²) in [6.07, 6.45) is 0. The van der Waals surface area contributed by atoms with Crippen LogP contribution in [0.3, 0.4) is 0 Å². The van der Waals surface area contributed by atoms with Crippen LogP contribution in [0.2, 0.25) is 0 Å². The lowest BCUT2D eigenvalue weighted by atomic mass is 10.2. The van der Waals surface area contributed by atoms with Gasteiger partial charge in [-0.25, -0.2) is 4.79 Å². The van der Waals surface area contributed by atoms with Gasteiger partial charge in [-0.1, -0.05) is 22.6 Å². The van der Waals surface area contributed by atoms with Gasteiger partial charge in [0.1, 0.15) is 12.2 Å². The van der Waals surface area contributed by atoms with E-state index in [9.17, 15) is 4.79 Å². The van der Waals surface area contributed by atoms with Crippen LogP contribution in [0.4, 0.5) is 0 Å². The summed E-state index contributed by atoms with van der Waals surface area (Å²) in [6, 6.07) is 0. The second-order valence-corrected chi connectivity index (χ2v) is 11.1. The van der Waals surface area contributed by atoms with Crippen LogP contribution >= 0.6 is 22.6 Å². The molecule has 0 saturated heterocycles. The Morgan fingerprint density at radius 2 is 0.578 bits per heavy atom. The summed E-state index contributed by atoms with van der Waals surface area (Å²) in [4.78, 5) is 11.5. The molecule has 0 N–H and O–H groups in total. The van der Waals surface area contributed by atoms with Crippen molar-refractivity contribution in [2.45, 2.75) is 26.4 Å². The number of rotatable bonds is 37. The highest BCUT2D eigenvalue weighted by Gasteiger charge is 2.15. The smallest absolute Gasteiger partial charge is 0.332 e. The summed E-state index contributed by atoms with van der Waals surface area (Å²) in [5.74, 6) is -0.386. The largest absolute Gasteiger partial charge is 0.458 e. The molecule has 0 aliphatic rings. The number of halogens is 1. The van der Waals surface area contributed by atoms with Crippen LogP contribution in [0, 0.1) is 0 Å². The maximum absolute atomic E-state index is 11.5. The molecule has 0 saturated carbocycles. The Morgan fingerprint density at radius 1 is 0.378 bits per heavy atom. The van der Waals surface area contributed by atoms with Crippen LogP contribution in [0.25, 0.3) is 0 Å². The van der Waals surface area contributed by atoms with E-state index in [0.29, 0.717) is 145 Å². The molecule has 0 aromatic rings. The van der Waals surface area contributed by atoms with E-state index in [1.54, 1.807) is 0 Å². The predicted molar refractivity (Wildman–Crippen MR) is 175 cm³/mol. The number of carbonyl (C=O) groups is 1. The monoisotopic (exact) mass is 770 g/mol. The first-order valence-corrected chi connectivity index (χ1v) is 17.2. The molecule has 0 radical (unpaired) electrons. The lowest BCUT2D eigenvalue weighted by Crippen LogP contribution is -2.27. The SMILES string of the molecule is CC(C)(C)OC(=O)COCCOCCOCCOCCOCCOCCOCCOCCOCCOCCOCCOCCI. The Kier molecular flexibility index (Phi) is 36.3. The van der Waals surface area contributed by atoms with Gasteiger partial charge in [0.05, 0.1) is 152 Å². The average Bonchev–Trinajstić information content (AvgIpc) is 3.00. The third-order valence-corrected chi connectivity index (χ3v) is 5.39. The van der Waals surface area contributed by atoms with Gasteiger partial charge in [0.15, 0.2) is 0 Å². The summed E-state index contributed by atoms with van der Waals surface area (Å²) >= 11 is 2.27. The van der Waals surface area contributed by atoms with Crippen LogP contribution in [-0.2, 0) is 66.4 Å². The molecule has 15 heteroatoms. The van der Waals surface area contributed by atoms with Crippen molar-refractivity contribution >= 4 is 28.6 Å². The van der Waals surface area contributed by atoms with Crippen molar-refractivity contribution in [1.82, 2.24) is 0 Å². The molecule has 0 aromatic carbocycles. The van der Waals surface area contributed by atoms with Crippen LogP contribution in [0.1, 0.15) is 20.8 Å². The van der Waals surface area contributed by atoms with Crippen LogP contribution in [0.15, 0.2) is 0 Å². The van der Waals surface area contributed by atoms with Crippen LogP contribution in [0.5, 0.6) is 0 Å². The summed E-state index contributed by atoms with van der Waals surface area (Å²) in [7, 11) is 0. The van der Waals surface area contributed by atoms with Crippen molar-refractivity contribution in [3.63, 3.8) is 0 Å². The molecular weight excluding hydrogens is 711 g/mol. The zero-order chi connectivity index (χ0) is 32.9. The third kappa shape index (κ3) is 41.7. The fraction of sp³-hybridized carbons (Fsp3) is 0.967. The second kappa shape index (κ2) is 36.6. The molecule has 0 unspecified atom stereocenters. The standard InChI is InChI=1S/C30H59IO14/c1-30(2,3)45-29(32)28-44-27-26-43-25-24-42-23-22-41-21-20-40-19-18-39-17-16-38-15-14-37-13-12-36-11-10-35-9-8-34-7-6-33-5-4-31/h4-28H2,1-3H3. The highest BCUT2D eigenvalue weighted by molar-refractivity contribution is 14.1. The molecule has 0 bridgehead atoms. The Balaban J connectivity index is 3.09. The number of esters is 1. The number of alkyl halides is 1. The van der Waals surface area contributed by atoms with Gasteiger partial charge in [-0.2, -0.15) is 0 Å². The molecular formula is C30H59IO14. The minimum Gasteiger partial charge on any atom is -0.458 e. The fourth-order valence-corrected chi connectivity index (χ4v) is 3.31. The van der Waals surface area contributed by atoms with Crippen molar-refractivity contribution in [3.05, 3.63) is 0 Å². The summed E-state index contributed by atoms with van der Waals surface area (Å²) < 4.78 is 71.1. The fourth-order valence-electron chi connectivity index (χ4n) is 3.00. The first kappa shape index (κ1) is 44.7. The molecule has 0 aliphatic carbocycles. The lowest BCUT2D eigenvalue weighted by molar-refractivity contribution is -0.160. The van der Waals surface area contributed by atoms with Crippen LogP contribution < -0.4 is 0 Å². The molecule has 45 heavy (non-hydrogen) atoms. The molecule has 14 nitrogen and oxygen atoms in total. The van der Waals surface area contributed by atoms with Crippen molar-refractivity contribution in [1.29, 1.82) is 0 Å². The van der Waals surface area contributed by atoms with Crippen molar-refractivity contribution in [2.75, 3.05) is 163 Å². The van der Waals surface area contributed by atoms with E-state index in [4.69, 9.17) is 61.6 Å². The van der Waals surface area contributed by atoms with E-state index >= 15 is 0 Å². The van der Waals surface area contributed by atoms with Gasteiger partial charge in [0.2, 0.25) is 0 Å². The van der Waals surface area contributed by atoms with Gasteiger partial charge in [-0.3, -0.25) is 0 Å². The third-order valence-electron chi connectivity index (χ3n) is 4.95. The van der Waals surface area contributed by atoms with E-state index < -0.39 is 5.60 Å². The average molecular weight is 771 g/mol. The number of hydrogen-bond donors (Lipinski definition) is 0. The predicted octanol–water partition coefficient (Wildman–Crippen LogP) is 1.96. The minimum atomic E-state index is -0.510. The van der Waals surface area contributed by atoms with E-state index in [1.165, 1.54) is 0 Å². The first-order chi connectivity index (χ1) is 22.0. The lowest BCUT2D eigenvalue weighted by Gasteiger charge is -2.19. The van der Waals surface area contributed by atoms with Crippen molar-refractivity contribution < 1.29 is 66.4 Å². The molecule has 0 spiro atoms. The van der Waals surface area contributed by atoms with Crippen molar-refractivity contribution in [3.8, 4) is 0 Å². The zero-order valence-electron chi connectivity index (χ0n) is 27.8. The maximum atomic E-state index is 11.5. The normalized spacial score (nSPS) is 11.8. The van der Waals surface area contributed by atoms with Gasteiger partial charge < -0.3 is 61.6 Å². The summed E-state index contributed by atoms with van der Waals surface area (Å²) in [5.41, 5.74) is -0.510. The van der Waals surface area contributed by atoms with Gasteiger partial charge in [-0.05, 0) is 20.8 Å². The summed E-state index contributed by atoms with van der Waals surface area (Å²) in [6.45, 7) is 17.1. The first-order valence-electron chi connectivity index (χ1n) is 15.7. The van der Waals surface area contributed by atoms with Crippen LogP contribution in [-0.4, -0.2) is 175 Å². The molecule has 0 fully saturated rings.